The summed E-state index contributed by atoms with van der Waals surface area (Å²) in [6, 6.07) is 0.210. The van der Waals surface area contributed by atoms with E-state index in [2.05, 4.69) is 11.2 Å². The van der Waals surface area contributed by atoms with Gasteiger partial charge in [-0.3, -0.25) is 9.69 Å². The van der Waals surface area contributed by atoms with E-state index in [1.807, 2.05) is 18.7 Å². The first-order chi connectivity index (χ1) is 9.51. The van der Waals surface area contributed by atoms with Crippen LogP contribution in [0.5, 0.6) is 0 Å². The first kappa shape index (κ1) is 16.3. The van der Waals surface area contributed by atoms with Crippen LogP contribution in [-0.4, -0.2) is 65.2 Å². The van der Waals surface area contributed by atoms with Crippen molar-refractivity contribution in [2.75, 3.05) is 26.2 Å². The molecule has 0 atom stereocenters. The number of terminal acetylenes is 1. The van der Waals surface area contributed by atoms with Crippen molar-refractivity contribution in [3.05, 3.63) is 0 Å². The maximum absolute atomic E-state index is 11.9. The number of likely N-dealkylation sites (N-methyl/N-ethyl adjacent to an activating group) is 1. The molecule has 0 spiro atoms. The van der Waals surface area contributed by atoms with Gasteiger partial charge < -0.3 is 15.3 Å². The average molecular weight is 281 g/mol. The van der Waals surface area contributed by atoms with Crippen LogP contribution in [0, 0.1) is 12.3 Å². The Balaban J connectivity index is 2.35. The van der Waals surface area contributed by atoms with Crippen LogP contribution in [0.15, 0.2) is 0 Å². The van der Waals surface area contributed by atoms with Crippen molar-refractivity contribution in [1.29, 1.82) is 0 Å². The minimum absolute atomic E-state index is 0.0556. The van der Waals surface area contributed by atoms with Gasteiger partial charge in [0.25, 0.3) is 0 Å². The molecule has 0 bridgehead atoms. The summed E-state index contributed by atoms with van der Waals surface area (Å²) >= 11 is 0. The van der Waals surface area contributed by atoms with Crippen LogP contribution in [0.25, 0.3) is 0 Å². The molecule has 0 aromatic heterocycles. The molecule has 0 aliphatic heterocycles. The summed E-state index contributed by atoms with van der Waals surface area (Å²) in [7, 11) is 0. The van der Waals surface area contributed by atoms with Crippen LogP contribution in [0.2, 0.25) is 0 Å². The summed E-state index contributed by atoms with van der Waals surface area (Å²) < 4.78 is 0. The zero-order valence-corrected chi connectivity index (χ0v) is 12.1. The van der Waals surface area contributed by atoms with Gasteiger partial charge in [0.15, 0.2) is 0 Å². The average Bonchev–Trinajstić information content (AvgIpc) is 2.36. The van der Waals surface area contributed by atoms with Gasteiger partial charge in [-0.25, -0.2) is 4.79 Å². The molecule has 6 heteroatoms. The number of aliphatic carboxylic acids is 1. The maximum atomic E-state index is 11.9. The number of rotatable bonds is 7. The van der Waals surface area contributed by atoms with Gasteiger partial charge in [0.2, 0.25) is 0 Å². The highest BCUT2D eigenvalue weighted by atomic mass is 16.4. The van der Waals surface area contributed by atoms with E-state index in [9.17, 15) is 9.59 Å². The second-order valence-corrected chi connectivity index (χ2v) is 4.95. The van der Waals surface area contributed by atoms with Crippen LogP contribution in [0.3, 0.4) is 0 Å². The fourth-order valence-corrected chi connectivity index (χ4v) is 2.38. The molecule has 0 aromatic rings. The van der Waals surface area contributed by atoms with Crippen molar-refractivity contribution in [2.24, 2.45) is 0 Å². The molecule has 6 nitrogen and oxygen atoms in total. The minimum Gasteiger partial charge on any atom is -0.480 e. The molecular formula is C14H23N3O3. The smallest absolute Gasteiger partial charge is 0.318 e. The lowest BCUT2D eigenvalue weighted by atomic mass is 9.85. The maximum Gasteiger partial charge on any atom is 0.318 e. The van der Waals surface area contributed by atoms with E-state index in [0.29, 0.717) is 19.6 Å². The first-order valence-electron chi connectivity index (χ1n) is 6.96. The third kappa shape index (κ3) is 4.42. The number of carbonyl (C=O) groups is 2. The predicted octanol–water partition coefficient (Wildman–Crippen LogP) is 0.589. The lowest BCUT2D eigenvalue weighted by molar-refractivity contribution is -0.139. The third-order valence-corrected chi connectivity index (χ3v) is 3.65. The number of carbonyl (C=O) groups excluding carboxylic acids is 1. The Hall–Kier alpha value is -1.74. The number of nitrogens with one attached hydrogen (secondary N) is 1. The fourth-order valence-electron chi connectivity index (χ4n) is 2.38. The molecule has 2 N–H and O–H groups in total. The molecule has 2 amide bonds. The molecule has 0 saturated heterocycles. The van der Waals surface area contributed by atoms with Crippen molar-refractivity contribution in [3.8, 4) is 12.3 Å². The van der Waals surface area contributed by atoms with Gasteiger partial charge >= 0.3 is 12.0 Å². The van der Waals surface area contributed by atoms with Gasteiger partial charge in [-0.05, 0) is 26.3 Å². The number of carboxylic acids is 1. The van der Waals surface area contributed by atoms with Crippen LogP contribution in [0.4, 0.5) is 4.79 Å². The number of urea groups is 1. The monoisotopic (exact) mass is 281 g/mol. The molecule has 0 radical (unpaired) electrons. The zero-order valence-electron chi connectivity index (χ0n) is 12.1. The van der Waals surface area contributed by atoms with E-state index in [0.717, 1.165) is 12.8 Å². The van der Waals surface area contributed by atoms with E-state index in [-0.39, 0.29) is 24.7 Å². The van der Waals surface area contributed by atoms with Crippen LogP contribution in [-0.2, 0) is 4.79 Å². The van der Waals surface area contributed by atoms with Gasteiger partial charge in [-0.2, -0.15) is 0 Å². The van der Waals surface area contributed by atoms with Gasteiger partial charge in [0, 0.05) is 18.6 Å². The van der Waals surface area contributed by atoms with Gasteiger partial charge in [-0.15, -0.1) is 6.42 Å². The molecule has 1 fully saturated rings. The van der Waals surface area contributed by atoms with E-state index < -0.39 is 5.97 Å². The molecule has 112 valence electrons. The Labute approximate surface area is 120 Å². The van der Waals surface area contributed by atoms with Crippen molar-refractivity contribution >= 4 is 12.0 Å². The van der Waals surface area contributed by atoms with Crippen LogP contribution in [0.1, 0.15) is 26.7 Å². The normalized spacial score (nSPS) is 20.9. The molecule has 1 aliphatic carbocycles. The SMILES string of the molecule is C#CCN(CC)C(=O)NC1CC(N(CC)CC(=O)O)C1. The summed E-state index contributed by atoms with van der Waals surface area (Å²) in [5.74, 6) is 1.64. The molecule has 1 aliphatic rings. The Kier molecular flexibility index (Phi) is 6.32. The van der Waals surface area contributed by atoms with Crippen LogP contribution < -0.4 is 5.32 Å². The standard InChI is InChI=1S/C14H23N3O3/c1-4-7-16(5-2)14(20)15-11-8-12(9-11)17(6-3)10-13(18)19/h1,11-12H,5-10H2,2-3H3,(H,15,20)(H,18,19). The largest absolute Gasteiger partial charge is 0.480 e. The summed E-state index contributed by atoms with van der Waals surface area (Å²) in [4.78, 5) is 26.1. The Bertz CT molecular complexity index is 386. The summed E-state index contributed by atoms with van der Waals surface area (Å²) in [5, 5.41) is 11.8. The lowest BCUT2D eigenvalue weighted by Gasteiger charge is -2.42. The highest BCUT2D eigenvalue weighted by Gasteiger charge is 2.35. The highest BCUT2D eigenvalue weighted by molar-refractivity contribution is 5.75. The fraction of sp³-hybridized carbons (Fsp3) is 0.714. The highest BCUT2D eigenvalue weighted by Crippen LogP contribution is 2.25. The molecule has 0 heterocycles. The molecular weight excluding hydrogens is 258 g/mol. The lowest BCUT2D eigenvalue weighted by Crippen LogP contribution is -2.56. The Morgan fingerprint density at radius 1 is 1.35 bits per heavy atom. The number of hydrogen-bond donors (Lipinski definition) is 2. The van der Waals surface area contributed by atoms with E-state index >= 15 is 0 Å². The van der Waals surface area contributed by atoms with E-state index in [1.165, 1.54) is 0 Å². The van der Waals surface area contributed by atoms with Gasteiger partial charge in [0.1, 0.15) is 0 Å². The van der Waals surface area contributed by atoms with E-state index in [1.54, 1.807) is 4.90 Å². The summed E-state index contributed by atoms with van der Waals surface area (Å²) in [5.41, 5.74) is 0. The molecule has 0 unspecified atom stereocenters. The van der Waals surface area contributed by atoms with Crippen molar-refractivity contribution in [2.45, 2.75) is 38.8 Å². The number of carboxylic acid groups (broad SMARTS) is 1. The number of hydrogen-bond acceptors (Lipinski definition) is 3. The Morgan fingerprint density at radius 3 is 2.45 bits per heavy atom. The molecule has 0 aromatic carbocycles. The van der Waals surface area contributed by atoms with Gasteiger partial charge in [0.05, 0.1) is 13.1 Å². The summed E-state index contributed by atoms with van der Waals surface area (Å²) in [6.07, 6.45) is 6.80. The number of amides is 2. The van der Waals surface area contributed by atoms with Crippen molar-refractivity contribution in [1.82, 2.24) is 15.1 Å². The zero-order chi connectivity index (χ0) is 15.1. The van der Waals surface area contributed by atoms with Crippen molar-refractivity contribution < 1.29 is 14.7 Å². The first-order valence-corrected chi connectivity index (χ1v) is 6.96. The van der Waals surface area contributed by atoms with Gasteiger partial charge in [-0.1, -0.05) is 12.8 Å². The summed E-state index contributed by atoms with van der Waals surface area (Å²) in [6.45, 7) is 5.47. The number of nitrogens with zero attached hydrogens (tertiary/aromatic N) is 2. The molecule has 1 rings (SSSR count). The molecule has 20 heavy (non-hydrogen) atoms. The second-order valence-electron chi connectivity index (χ2n) is 4.95. The van der Waals surface area contributed by atoms with Crippen LogP contribution >= 0.6 is 0 Å². The Morgan fingerprint density at radius 2 is 2.00 bits per heavy atom. The molecule has 1 saturated carbocycles. The van der Waals surface area contributed by atoms with E-state index in [4.69, 9.17) is 11.5 Å². The van der Waals surface area contributed by atoms with Crippen molar-refractivity contribution in [3.63, 3.8) is 0 Å². The third-order valence-electron chi connectivity index (χ3n) is 3.65. The minimum atomic E-state index is -0.814. The topological polar surface area (TPSA) is 72.9 Å². The quantitative estimate of drug-likeness (QED) is 0.670. The second kappa shape index (κ2) is 7.75. The predicted molar refractivity (Wildman–Crippen MR) is 76.3 cm³/mol.